The van der Waals surface area contributed by atoms with Gasteiger partial charge in [0.1, 0.15) is 0 Å². The summed E-state index contributed by atoms with van der Waals surface area (Å²) in [5.41, 5.74) is 1.63. The standard InChI is InChI=1S/C12H19N/c1-11(2)5-6-12(7-8-12)13-9-3-4-10-13/h5-6H,1,3-4,7-10H2,2H3/b6-5-. The highest BCUT2D eigenvalue weighted by atomic mass is 15.2. The van der Waals surface area contributed by atoms with Crippen LogP contribution in [0.4, 0.5) is 0 Å². The molecular weight excluding hydrogens is 158 g/mol. The third-order valence-corrected chi connectivity index (χ3v) is 3.18. The Labute approximate surface area is 81.1 Å². The zero-order chi connectivity index (χ0) is 9.31. The smallest absolute Gasteiger partial charge is 0.0396 e. The summed E-state index contributed by atoms with van der Waals surface area (Å²) in [7, 11) is 0. The lowest BCUT2D eigenvalue weighted by Crippen LogP contribution is -2.32. The SMILES string of the molecule is C=C(C)/C=C\C1(N2CCCC2)CC1. The Morgan fingerprint density at radius 3 is 2.38 bits per heavy atom. The zero-order valence-corrected chi connectivity index (χ0v) is 8.55. The van der Waals surface area contributed by atoms with E-state index in [4.69, 9.17) is 0 Å². The fourth-order valence-corrected chi connectivity index (χ4v) is 2.18. The van der Waals surface area contributed by atoms with Gasteiger partial charge in [-0.25, -0.2) is 0 Å². The van der Waals surface area contributed by atoms with Gasteiger partial charge in [-0.1, -0.05) is 24.3 Å². The zero-order valence-electron chi connectivity index (χ0n) is 8.55. The molecule has 0 unspecified atom stereocenters. The average Bonchev–Trinajstić information content (AvgIpc) is 2.68. The molecule has 0 atom stereocenters. The Morgan fingerprint density at radius 2 is 1.92 bits per heavy atom. The van der Waals surface area contributed by atoms with Crippen LogP contribution in [0, 0.1) is 0 Å². The van der Waals surface area contributed by atoms with Gasteiger partial charge in [-0.3, -0.25) is 4.90 Å². The second-order valence-corrected chi connectivity index (χ2v) is 4.48. The predicted octanol–water partition coefficient (Wildman–Crippen LogP) is 2.75. The molecule has 2 fully saturated rings. The summed E-state index contributed by atoms with van der Waals surface area (Å²) in [6.45, 7) is 8.59. The van der Waals surface area contributed by atoms with E-state index >= 15 is 0 Å². The molecule has 0 bridgehead atoms. The van der Waals surface area contributed by atoms with Crippen molar-refractivity contribution in [1.29, 1.82) is 0 Å². The van der Waals surface area contributed by atoms with E-state index in [9.17, 15) is 0 Å². The molecular formula is C12H19N. The molecule has 0 N–H and O–H groups in total. The minimum absolute atomic E-state index is 0.454. The van der Waals surface area contributed by atoms with Gasteiger partial charge in [0, 0.05) is 5.54 Å². The van der Waals surface area contributed by atoms with E-state index in [2.05, 4.69) is 30.6 Å². The first-order valence-corrected chi connectivity index (χ1v) is 5.33. The molecule has 0 aromatic rings. The van der Waals surface area contributed by atoms with Crippen molar-refractivity contribution in [2.75, 3.05) is 13.1 Å². The van der Waals surface area contributed by atoms with Crippen LogP contribution in [0.3, 0.4) is 0 Å². The van der Waals surface area contributed by atoms with Crippen molar-refractivity contribution in [3.63, 3.8) is 0 Å². The van der Waals surface area contributed by atoms with Crippen molar-refractivity contribution in [3.05, 3.63) is 24.3 Å². The van der Waals surface area contributed by atoms with Crippen LogP contribution in [0.5, 0.6) is 0 Å². The second-order valence-electron chi connectivity index (χ2n) is 4.48. The first-order chi connectivity index (χ1) is 6.23. The van der Waals surface area contributed by atoms with Crippen LogP contribution in [-0.4, -0.2) is 23.5 Å². The highest BCUT2D eigenvalue weighted by molar-refractivity contribution is 5.24. The molecule has 13 heavy (non-hydrogen) atoms. The molecule has 1 heteroatoms. The first-order valence-electron chi connectivity index (χ1n) is 5.33. The van der Waals surface area contributed by atoms with Gasteiger partial charge >= 0.3 is 0 Å². The molecule has 2 rings (SSSR count). The van der Waals surface area contributed by atoms with Crippen LogP contribution < -0.4 is 0 Å². The predicted molar refractivity (Wildman–Crippen MR) is 56.7 cm³/mol. The van der Waals surface area contributed by atoms with Crippen LogP contribution in [-0.2, 0) is 0 Å². The summed E-state index contributed by atoms with van der Waals surface area (Å²) >= 11 is 0. The molecule has 0 radical (unpaired) electrons. The Morgan fingerprint density at radius 1 is 1.31 bits per heavy atom. The maximum atomic E-state index is 3.91. The largest absolute Gasteiger partial charge is 0.294 e. The van der Waals surface area contributed by atoms with Gasteiger partial charge in [-0.2, -0.15) is 0 Å². The van der Waals surface area contributed by atoms with E-state index in [1.165, 1.54) is 44.3 Å². The number of hydrogen-bond acceptors (Lipinski definition) is 1. The van der Waals surface area contributed by atoms with Gasteiger partial charge in [0.25, 0.3) is 0 Å². The lowest BCUT2D eigenvalue weighted by molar-refractivity contribution is 0.266. The molecule has 1 aliphatic heterocycles. The molecule has 1 saturated carbocycles. The topological polar surface area (TPSA) is 3.24 Å². The molecule has 1 heterocycles. The van der Waals surface area contributed by atoms with E-state index in [1.807, 2.05) is 0 Å². The third kappa shape index (κ3) is 1.86. The second kappa shape index (κ2) is 3.30. The van der Waals surface area contributed by atoms with Crippen molar-refractivity contribution in [3.8, 4) is 0 Å². The first kappa shape index (κ1) is 9.01. The average molecular weight is 177 g/mol. The Bertz CT molecular complexity index is 230. The number of nitrogens with zero attached hydrogens (tertiary/aromatic N) is 1. The summed E-state index contributed by atoms with van der Waals surface area (Å²) in [6, 6.07) is 0. The van der Waals surface area contributed by atoms with Crippen molar-refractivity contribution in [2.45, 2.75) is 38.1 Å². The van der Waals surface area contributed by atoms with Crippen LogP contribution >= 0.6 is 0 Å². The van der Waals surface area contributed by atoms with Crippen molar-refractivity contribution in [1.82, 2.24) is 4.90 Å². The Hall–Kier alpha value is -0.560. The van der Waals surface area contributed by atoms with Crippen LogP contribution in [0.25, 0.3) is 0 Å². The third-order valence-electron chi connectivity index (χ3n) is 3.18. The lowest BCUT2D eigenvalue weighted by atomic mass is 10.2. The number of rotatable bonds is 3. The fraction of sp³-hybridized carbons (Fsp3) is 0.667. The summed E-state index contributed by atoms with van der Waals surface area (Å²) in [4.78, 5) is 2.65. The number of hydrogen-bond donors (Lipinski definition) is 0. The Kier molecular flexibility index (Phi) is 2.29. The quantitative estimate of drug-likeness (QED) is 0.599. The lowest BCUT2D eigenvalue weighted by Gasteiger charge is -2.24. The van der Waals surface area contributed by atoms with Crippen molar-refractivity contribution >= 4 is 0 Å². The van der Waals surface area contributed by atoms with Crippen molar-refractivity contribution < 1.29 is 0 Å². The van der Waals surface area contributed by atoms with Crippen molar-refractivity contribution in [2.24, 2.45) is 0 Å². The summed E-state index contributed by atoms with van der Waals surface area (Å²) in [5.74, 6) is 0. The summed E-state index contributed by atoms with van der Waals surface area (Å²) < 4.78 is 0. The van der Waals surface area contributed by atoms with Gasteiger partial charge < -0.3 is 0 Å². The summed E-state index contributed by atoms with van der Waals surface area (Å²) in [6.07, 6.45) is 10.1. The van der Waals surface area contributed by atoms with E-state index in [0.29, 0.717) is 5.54 Å². The van der Waals surface area contributed by atoms with Gasteiger partial charge in [0.15, 0.2) is 0 Å². The highest BCUT2D eigenvalue weighted by Gasteiger charge is 2.46. The molecule has 0 spiro atoms. The normalized spacial score (nSPS) is 26.8. The van der Waals surface area contributed by atoms with Crippen LogP contribution in [0.2, 0.25) is 0 Å². The van der Waals surface area contributed by atoms with Crippen LogP contribution in [0.15, 0.2) is 24.3 Å². The maximum Gasteiger partial charge on any atom is 0.0396 e. The van der Waals surface area contributed by atoms with Crippen LogP contribution in [0.1, 0.15) is 32.6 Å². The number of allylic oxidation sites excluding steroid dienone is 2. The van der Waals surface area contributed by atoms with Gasteiger partial charge in [-0.05, 0) is 45.7 Å². The molecule has 72 valence electrons. The molecule has 1 nitrogen and oxygen atoms in total. The minimum Gasteiger partial charge on any atom is -0.294 e. The molecule has 2 aliphatic rings. The van der Waals surface area contributed by atoms with E-state index in [0.717, 1.165) is 0 Å². The highest BCUT2D eigenvalue weighted by Crippen LogP contribution is 2.44. The minimum atomic E-state index is 0.454. The van der Waals surface area contributed by atoms with Gasteiger partial charge in [0.2, 0.25) is 0 Å². The summed E-state index contributed by atoms with van der Waals surface area (Å²) in [5, 5.41) is 0. The molecule has 0 aromatic carbocycles. The molecule has 1 saturated heterocycles. The van der Waals surface area contributed by atoms with E-state index < -0.39 is 0 Å². The van der Waals surface area contributed by atoms with E-state index in [1.54, 1.807) is 0 Å². The van der Waals surface area contributed by atoms with E-state index in [-0.39, 0.29) is 0 Å². The Balaban J connectivity index is 1.99. The molecule has 0 amide bonds. The van der Waals surface area contributed by atoms with Gasteiger partial charge in [0.05, 0.1) is 0 Å². The van der Waals surface area contributed by atoms with Gasteiger partial charge in [-0.15, -0.1) is 0 Å². The molecule has 0 aromatic heterocycles. The number of likely N-dealkylation sites (tertiary alicyclic amines) is 1. The fourth-order valence-electron chi connectivity index (χ4n) is 2.18. The maximum absolute atomic E-state index is 3.91. The monoisotopic (exact) mass is 177 g/mol. The molecule has 1 aliphatic carbocycles.